The number of rotatable bonds is 3. The summed E-state index contributed by atoms with van der Waals surface area (Å²) in [5.74, 6) is -7.39. The number of hydrogen-bond acceptors (Lipinski definition) is 3. The summed E-state index contributed by atoms with van der Waals surface area (Å²) in [6.45, 7) is 0. The van der Waals surface area contributed by atoms with E-state index in [0.717, 1.165) is 6.07 Å². The molecule has 1 heterocycles. The number of Topliss-reactive ketones (excluding diaryl/α,β-unsaturated/α-hetero) is 1. The summed E-state index contributed by atoms with van der Waals surface area (Å²) in [7, 11) is 0. The molecule has 0 aromatic heterocycles. The topological polar surface area (TPSA) is 66.4 Å². The van der Waals surface area contributed by atoms with E-state index in [0.29, 0.717) is 0 Å². The number of amides is 1. The molecule has 0 spiro atoms. The van der Waals surface area contributed by atoms with Crippen molar-refractivity contribution in [1.29, 1.82) is 0 Å². The molecule has 1 aliphatic rings. The zero-order valence-corrected chi connectivity index (χ0v) is 12.3. The van der Waals surface area contributed by atoms with E-state index in [9.17, 15) is 23.5 Å². The van der Waals surface area contributed by atoms with E-state index in [-0.39, 0.29) is 16.3 Å². The monoisotopic (exact) mass is 337 g/mol. The van der Waals surface area contributed by atoms with Crippen molar-refractivity contribution in [2.45, 2.75) is 11.5 Å². The second-order valence-corrected chi connectivity index (χ2v) is 5.56. The van der Waals surface area contributed by atoms with Crippen LogP contribution in [0.2, 0.25) is 5.02 Å². The van der Waals surface area contributed by atoms with Crippen LogP contribution in [0.25, 0.3) is 0 Å². The lowest BCUT2D eigenvalue weighted by Gasteiger charge is -2.29. The van der Waals surface area contributed by atoms with Crippen molar-refractivity contribution >= 4 is 29.0 Å². The van der Waals surface area contributed by atoms with Crippen molar-refractivity contribution in [2.24, 2.45) is 0 Å². The summed E-state index contributed by atoms with van der Waals surface area (Å²) < 4.78 is 29.5. The van der Waals surface area contributed by atoms with Crippen molar-refractivity contribution in [2.75, 3.05) is 5.32 Å². The Balaban J connectivity index is 2.14. The minimum Gasteiger partial charge on any atom is -0.370 e. The van der Waals surface area contributed by atoms with Crippen LogP contribution in [0.5, 0.6) is 0 Å². The maximum atomic E-state index is 14.7. The fraction of sp³-hybridized carbons (Fsp3) is 0.125. The molecular formula is C16H10ClF2NO3. The highest BCUT2D eigenvalue weighted by atomic mass is 35.5. The number of benzene rings is 2. The lowest BCUT2D eigenvalue weighted by molar-refractivity contribution is -0.171. The second-order valence-electron chi connectivity index (χ2n) is 5.12. The summed E-state index contributed by atoms with van der Waals surface area (Å²) in [5, 5.41) is 12.7. The molecule has 0 saturated carbocycles. The van der Waals surface area contributed by atoms with Crippen LogP contribution < -0.4 is 5.32 Å². The summed E-state index contributed by atoms with van der Waals surface area (Å²) in [4.78, 5) is 24.2. The molecule has 1 amide bonds. The van der Waals surface area contributed by atoms with Gasteiger partial charge in [-0.1, -0.05) is 41.9 Å². The zero-order chi connectivity index (χ0) is 16.8. The van der Waals surface area contributed by atoms with Gasteiger partial charge in [0, 0.05) is 21.8 Å². The van der Waals surface area contributed by atoms with Gasteiger partial charge in [0.2, 0.25) is 11.4 Å². The van der Waals surface area contributed by atoms with E-state index < -0.39 is 28.8 Å². The van der Waals surface area contributed by atoms with Crippen molar-refractivity contribution in [3.05, 3.63) is 64.7 Å². The number of nitrogens with one attached hydrogen (secondary N) is 1. The largest absolute Gasteiger partial charge is 0.370 e. The number of ketones is 1. The van der Waals surface area contributed by atoms with Crippen LogP contribution in [0.15, 0.2) is 48.5 Å². The number of hydrogen-bond donors (Lipinski definition) is 2. The van der Waals surface area contributed by atoms with Gasteiger partial charge < -0.3 is 10.4 Å². The first-order valence-electron chi connectivity index (χ1n) is 6.60. The van der Waals surface area contributed by atoms with E-state index >= 15 is 0 Å². The Morgan fingerprint density at radius 1 is 1.17 bits per heavy atom. The van der Waals surface area contributed by atoms with Crippen LogP contribution in [0.4, 0.5) is 14.5 Å². The molecule has 118 valence electrons. The van der Waals surface area contributed by atoms with Crippen LogP contribution in [0, 0.1) is 0 Å². The Kier molecular flexibility index (Phi) is 3.46. The highest BCUT2D eigenvalue weighted by molar-refractivity contribution is 6.31. The van der Waals surface area contributed by atoms with Gasteiger partial charge in [-0.25, -0.2) is 0 Å². The maximum absolute atomic E-state index is 14.7. The molecule has 0 fully saturated rings. The summed E-state index contributed by atoms with van der Waals surface area (Å²) >= 11 is 5.77. The highest BCUT2D eigenvalue weighted by Crippen LogP contribution is 2.48. The van der Waals surface area contributed by atoms with Crippen LogP contribution in [0.3, 0.4) is 0 Å². The minimum absolute atomic E-state index is 0.0116. The quantitative estimate of drug-likeness (QED) is 0.846. The molecule has 7 heteroatoms. The molecule has 4 nitrogen and oxygen atoms in total. The fourth-order valence-electron chi connectivity index (χ4n) is 2.51. The Bertz CT molecular complexity index is 810. The Morgan fingerprint density at radius 3 is 2.48 bits per heavy atom. The van der Waals surface area contributed by atoms with Gasteiger partial charge in [0.1, 0.15) is 0 Å². The maximum Gasteiger partial charge on any atom is 0.351 e. The van der Waals surface area contributed by atoms with Gasteiger partial charge in [0.25, 0.3) is 5.91 Å². The Labute approximate surface area is 134 Å². The van der Waals surface area contributed by atoms with Gasteiger partial charge in [-0.05, 0) is 18.2 Å². The first kappa shape index (κ1) is 15.6. The zero-order valence-electron chi connectivity index (χ0n) is 11.5. The van der Waals surface area contributed by atoms with Gasteiger partial charge in [-0.15, -0.1) is 0 Å². The Morgan fingerprint density at radius 2 is 1.83 bits per heavy atom. The van der Waals surface area contributed by atoms with Crippen LogP contribution >= 0.6 is 11.6 Å². The van der Waals surface area contributed by atoms with Crippen molar-refractivity contribution in [3.63, 3.8) is 0 Å². The van der Waals surface area contributed by atoms with Crippen molar-refractivity contribution in [1.82, 2.24) is 0 Å². The summed E-state index contributed by atoms with van der Waals surface area (Å²) in [6.07, 6.45) is 0. The molecule has 1 atom stereocenters. The van der Waals surface area contributed by atoms with Crippen LogP contribution in [-0.2, 0) is 10.4 Å². The smallest absolute Gasteiger partial charge is 0.351 e. The molecule has 1 unspecified atom stereocenters. The first-order chi connectivity index (χ1) is 10.8. The summed E-state index contributed by atoms with van der Waals surface area (Å²) in [6, 6.07) is 10.5. The SMILES string of the molecule is O=C(c1ccccc1)C(F)(F)C1(O)C(=O)Nc2ccc(Cl)cc21. The third-order valence-electron chi connectivity index (χ3n) is 3.72. The van der Waals surface area contributed by atoms with Crippen molar-refractivity contribution < 1.29 is 23.5 Å². The first-order valence-corrected chi connectivity index (χ1v) is 6.98. The normalized spacial score (nSPS) is 20.1. The number of aliphatic hydroxyl groups is 1. The van der Waals surface area contributed by atoms with E-state index in [1.165, 1.54) is 36.4 Å². The molecule has 2 aromatic carbocycles. The minimum atomic E-state index is -4.37. The standard InChI is InChI=1S/C16H10ClF2NO3/c17-10-6-7-12-11(8-10)15(23,14(22)20-12)16(18,19)13(21)9-4-2-1-3-5-9/h1-8,23H,(H,20,22). The average Bonchev–Trinajstić information content (AvgIpc) is 2.80. The predicted octanol–water partition coefficient (Wildman–Crippen LogP) is 3.00. The molecule has 1 aliphatic heterocycles. The number of carbonyl (C=O) groups is 2. The van der Waals surface area contributed by atoms with E-state index in [1.807, 2.05) is 0 Å². The molecule has 0 radical (unpaired) electrons. The van der Waals surface area contributed by atoms with Gasteiger partial charge in [0.05, 0.1) is 0 Å². The number of anilines is 1. The Hall–Kier alpha value is -2.31. The van der Waals surface area contributed by atoms with E-state index in [4.69, 9.17) is 11.6 Å². The van der Waals surface area contributed by atoms with E-state index in [1.54, 1.807) is 6.07 Å². The van der Waals surface area contributed by atoms with Crippen molar-refractivity contribution in [3.8, 4) is 0 Å². The predicted molar refractivity (Wildman–Crippen MR) is 79.7 cm³/mol. The highest BCUT2D eigenvalue weighted by Gasteiger charge is 2.67. The number of fused-ring (bicyclic) bond motifs is 1. The third kappa shape index (κ3) is 2.14. The van der Waals surface area contributed by atoms with E-state index in [2.05, 4.69) is 5.32 Å². The lowest BCUT2D eigenvalue weighted by atomic mass is 9.84. The number of carbonyl (C=O) groups excluding carboxylic acids is 2. The van der Waals surface area contributed by atoms with Gasteiger partial charge in [-0.3, -0.25) is 9.59 Å². The molecule has 0 bridgehead atoms. The number of alkyl halides is 2. The van der Waals surface area contributed by atoms with Crippen LogP contribution in [-0.4, -0.2) is 22.7 Å². The molecule has 0 aliphatic carbocycles. The molecule has 0 saturated heterocycles. The van der Waals surface area contributed by atoms with Crippen LogP contribution in [0.1, 0.15) is 15.9 Å². The third-order valence-corrected chi connectivity index (χ3v) is 3.96. The second kappa shape index (κ2) is 5.11. The van der Waals surface area contributed by atoms with Gasteiger partial charge in [-0.2, -0.15) is 8.78 Å². The molecule has 2 N–H and O–H groups in total. The molecule has 3 rings (SSSR count). The molecule has 23 heavy (non-hydrogen) atoms. The van der Waals surface area contributed by atoms with Gasteiger partial charge >= 0.3 is 5.92 Å². The van der Waals surface area contributed by atoms with Gasteiger partial charge in [0.15, 0.2) is 0 Å². The average molecular weight is 338 g/mol. The fourth-order valence-corrected chi connectivity index (χ4v) is 2.68. The summed E-state index contributed by atoms with van der Waals surface area (Å²) in [5.41, 5.74) is -4.07. The molecule has 2 aromatic rings. The molecular weight excluding hydrogens is 328 g/mol. The lowest BCUT2D eigenvalue weighted by Crippen LogP contribution is -2.55. The number of halogens is 3.